The monoisotopic (exact) mass is 437 g/mol. The van der Waals surface area contributed by atoms with Crippen molar-refractivity contribution in [3.05, 3.63) is 53.6 Å². The van der Waals surface area contributed by atoms with E-state index < -0.39 is 13.4 Å². The van der Waals surface area contributed by atoms with Crippen molar-refractivity contribution in [3.63, 3.8) is 0 Å². The van der Waals surface area contributed by atoms with Crippen molar-refractivity contribution >= 4 is 7.60 Å². The second kappa shape index (κ2) is 11.4. The van der Waals surface area contributed by atoms with Gasteiger partial charge in [-0.25, -0.2) is 0 Å². The zero-order valence-corrected chi connectivity index (χ0v) is 19.5. The number of ether oxygens (including phenoxy) is 3. The van der Waals surface area contributed by atoms with Crippen LogP contribution in [0.3, 0.4) is 0 Å². The lowest BCUT2D eigenvalue weighted by molar-refractivity contribution is 0.174. The van der Waals surface area contributed by atoms with Crippen LogP contribution in [0.25, 0.3) is 0 Å². The SMILES string of the molecule is CCOP(=O)(OCC)C(c1ccc(OC)c(OC)c1)N(C)Cc1ccc(OC)cc1. The molecule has 30 heavy (non-hydrogen) atoms. The smallest absolute Gasteiger partial charge is 0.352 e. The van der Waals surface area contributed by atoms with Crippen molar-refractivity contribution in [3.8, 4) is 17.2 Å². The minimum absolute atomic E-state index is 0.275. The second-order valence-electron chi connectivity index (χ2n) is 6.63. The summed E-state index contributed by atoms with van der Waals surface area (Å²) >= 11 is 0. The topological polar surface area (TPSA) is 66.5 Å². The Bertz CT molecular complexity index is 832. The van der Waals surface area contributed by atoms with E-state index in [1.54, 1.807) is 41.2 Å². The van der Waals surface area contributed by atoms with Gasteiger partial charge in [-0.15, -0.1) is 0 Å². The Kier molecular flexibility index (Phi) is 9.18. The van der Waals surface area contributed by atoms with Crippen molar-refractivity contribution in [1.82, 2.24) is 4.90 Å². The summed E-state index contributed by atoms with van der Waals surface area (Å²) in [6.45, 7) is 4.70. The molecule has 0 bridgehead atoms. The molecule has 0 heterocycles. The van der Waals surface area contributed by atoms with Crippen molar-refractivity contribution in [2.45, 2.75) is 26.2 Å². The van der Waals surface area contributed by atoms with Crippen molar-refractivity contribution in [2.75, 3.05) is 41.6 Å². The highest BCUT2D eigenvalue weighted by Crippen LogP contribution is 2.62. The fourth-order valence-corrected chi connectivity index (χ4v) is 5.50. The summed E-state index contributed by atoms with van der Waals surface area (Å²) in [5.74, 6) is 1.31. The summed E-state index contributed by atoms with van der Waals surface area (Å²) in [7, 11) is 3.18. The van der Waals surface area contributed by atoms with Crippen LogP contribution in [0.4, 0.5) is 0 Å². The standard InChI is InChI=1S/C22H32NO6P/c1-7-28-30(24,29-8-2)22(18-11-14-20(26-5)21(15-18)27-6)23(3)16-17-9-12-19(25-4)13-10-17/h9-15,22H,7-8,16H2,1-6H3. The van der Waals surface area contributed by atoms with Crippen LogP contribution < -0.4 is 14.2 Å². The molecular weight excluding hydrogens is 405 g/mol. The molecule has 8 heteroatoms. The highest BCUT2D eigenvalue weighted by atomic mass is 31.2. The highest BCUT2D eigenvalue weighted by molar-refractivity contribution is 7.54. The van der Waals surface area contributed by atoms with Crippen LogP contribution in [0.15, 0.2) is 42.5 Å². The average Bonchev–Trinajstić information content (AvgIpc) is 2.74. The summed E-state index contributed by atoms with van der Waals surface area (Å²) in [6.07, 6.45) is 0. The van der Waals surface area contributed by atoms with Crippen LogP contribution in [0.5, 0.6) is 17.2 Å². The quantitative estimate of drug-likeness (QED) is 0.428. The van der Waals surface area contributed by atoms with Crippen molar-refractivity contribution in [2.24, 2.45) is 0 Å². The third kappa shape index (κ3) is 5.76. The lowest BCUT2D eigenvalue weighted by Crippen LogP contribution is -2.26. The van der Waals surface area contributed by atoms with Crippen LogP contribution in [0.1, 0.15) is 30.8 Å². The summed E-state index contributed by atoms with van der Waals surface area (Å²) < 4.78 is 41.3. The van der Waals surface area contributed by atoms with Gasteiger partial charge in [0.15, 0.2) is 11.5 Å². The Labute approximate surface area is 179 Å². The van der Waals surface area contributed by atoms with E-state index in [-0.39, 0.29) is 13.2 Å². The van der Waals surface area contributed by atoms with Gasteiger partial charge in [0.2, 0.25) is 0 Å². The fraction of sp³-hybridized carbons (Fsp3) is 0.455. The van der Waals surface area contributed by atoms with Crippen LogP contribution in [0.2, 0.25) is 0 Å². The molecule has 0 spiro atoms. The third-order valence-corrected chi connectivity index (χ3v) is 7.16. The number of hydrogen-bond acceptors (Lipinski definition) is 7. The van der Waals surface area contributed by atoms with Crippen LogP contribution in [-0.2, 0) is 20.2 Å². The van der Waals surface area contributed by atoms with Crippen molar-refractivity contribution in [1.29, 1.82) is 0 Å². The summed E-state index contributed by atoms with van der Waals surface area (Å²) in [5.41, 5.74) is 1.80. The van der Waals surface area contributed by atoms with Crippen LogP contribution >= 0.6 is 7.60 Å². The first-order valence-electron chi connectivity index (χ1n) is 9.86. The van der Waals surface area contributed by atoms with Gasteiger partial charge < -0.3 is 23.3 Å². The van der Waals surface area contributed by atoms with Gasteiger partial charge in [-0.05, 0) is 56.3 Å². The van der Waals surface area contributed by atoms with E-state index in [0.29, 0.717) is 18.0 Å². The number of hydrogen-bond donors (Lipinski definition) is 0. The van der Waals surface area contributed by atoms with E-state index in [0.717, 1.165) is 16.9 Å². The van der Waals surface area contributed by atoms with Gasteiger partial charge in [-0.3, -0.25) is 9.46 Å². The van der Waals surface area contributed by atoms with E-state index in [2.05, 4.69) is 0 Å². The maximum absolute atomic E-state index is 13.8. The largest absolute Gasteiger partial charge is 0.497 e. The molecule has 0 aromatic heterocycles. The van der Waals surface area contributed by atoms with Crippen LogP contribution in [0, 0.1) is 0 Å². The first-order chi connectivity index (χ1) is 14.4. The molecule has 2 rings (SSSR count). The lowest BCUT2D eigenvalue weighted by atomic mass is 10.1. The summed E-state index contributed by atoms with van der Waals surface area (Å²) in [4.78, 5) is 1.97. The lowest BCUT2D eigenvalue weighted by Gasteiger charge is -2.34. The molecule has 0 aliphatic heterocycles. The minimum Gasteiger partial charge on any atom is -0.497 e. The third-order valence-electron chi connectivity index (χ3n) is 4.63. The maximum atomic E-state index is 13.8. The molecule has 0 saturated heterocycles. The summed E-state index contributed by atoms with van der Waals surface area (Å²) in [6, 6.07) is 13.2. The van der Waals surface area contributed by atoms with Crippen molar-refractivity contribution < 1.29 is 27.8 Å². The molecule has 7 nitrogen and oxygen atoms in total. The zero-order chi connectivity index (χ0) is 22.1. The molecule has 1 unspecified atom stereocenters. The Balaban J connectivity index is 2.47. The molecule has 1 atom stereocenters. The second-order valence-corrected chi connectivity index (χ2v) is 8.71. The van der Waals surface area contributed by atoms with E-state index in [1.807, 2.05) is 48.3 Å². The van der Waals surface area contributed by atoms with Gasteiger partial charge in [0.05, 0.1) is 34.5 Å². The van der Waals surface area contributed by atoms with Gasteiger partial charge in [-0.2, -0.15) is 0 Å². The predicted octanol–water partition coefficient (Wildman–Crippen LogP) is 5.11. The maximum Gasteiger partial charge on any atom is 0.352 e. The van der Waals surface area contributed by atoms with Gasteiger partial charge >= 0.3 is 7.60 Å². The highest BCUT2D eigenvalue weighted by Gasteiger charge is 2.40. The van der Waals surface area contributed by atoms with Crippen LogP contribution in [-0.4, -0.2) is 46.5 Å². The zero-order valence-electron chi connectivity index (χ0n) is 18.6. The Morgan fingerprint density at radius 2 is 1.47 bits per heavy atom. The Hall–Kier alpha value is -2.05. The Morgan fingerprint density at radius 3 is 1.97 bits per heavy atom. The molecule has 166 valence electrons. The molecule has 2 aromatic rings. The minimum atomic E-state index is -3.51. The molecular formula is C22H32NO6P. The summed E-state index contributed by atoms with van der Waals surface area (Å²) in [5, 5.41) is 0. The van der Waals surface area contributed by atoms with E-state index >= 15 is 0 Å². The number of benzene rings is 2. The molecule has 0 amide bonds. The number of methoxy groups -OCH3 is 3. The van der Waals surface area contributed by atoms with Gasteiger partial charge in [0.1, 0.15) is 11.5 Å². The van der Waals surface area contributed by atoms with Gasteiger partial charge in [0, 0.05) is 6.54 Å². The first kappa shape index (κ1) is 24.2. The van der Waals surface area contributed by atoms with E-state index in [4.69, 9.17) is 23.3 Å². The normalized spacial score (nSPS) is 12.6. The van der Waals surface area contributed by atoms with E-state index in [1.165, 1.54) is 0 Å². The number of rotatable bonds is 12. The molecule has 0 aliphatic rings. The Morgan fingerprint density at radius 1 is 0.867 bits per heavy atom. The molecule has 0 radical (unpaired) electrons. The molecule has 0 fully saturated rings. The molecule has 0 saturated carbocycles. The average molecular weight is 437 g/mol. The van der Waals surface area contributed by atoms with Gasteiger partial charge in [0.25, 0.3) is 0 Å². The first-order valence-corrected chi connectivity index (χ1v) is 11.5. The molecule has 0 aliphatic carbocycles. The fourth-order valence-electron chi connectivity index (χ4n) is 3.34. The molecule has 0 N–H and O–H groups in total. The number of nitrogens with zero attached hydrogens (tertiary/aromatic N) is 1. The predicted molar refractivity (Wildman–Crippen MR) is 118 cm³/mol. The van der Waals surface area contributed by atoms with Gasteiger partial charge in [-0.1, -0.05) is 18.2 Å². The molecule has 2 aromatic carbocycles. The van der Waals surface area contributed by atoms with E-state index in [9.17, 15) is 4.57 Å².